The first-order valence-corrected chi connectivity index (χ1v) is 6.34. The van der Waals surface area contributed by atoms with Crippen LogP contribution in [-0.2, 0) is 9.59 Å². The summed E-state index contributed by atoms with van der Waals surface area (Å²) in [6.45, 7) is 10.7. The van der Waals surface area contributed by atoms with Crippen LogP contribution in [0, 0.1) is 0 Å². The Balaban J connectivity index is 4.00. The predicted octanol–water partition coefficient (Wildman–Crippen LogP) is 1.94. The number of hydrogen-bond donors (Lipinski definition) is 1. The SMILES string of the molecule is CCCCC(=O)NCCN(C(C)=O)C(C)(C)C. The maximum Gasteiger partial charge on any atom is 0.220 e. The Morgan fingerprint density at radius 1 is 1.24 bits per heavy atom. The van der Waals surface area contributed by atoms with Crippen LogP contribution in [0.5, 0.6) is 0 Å². The fourth-order valence-corrected chi connectivity index (χ4v) is 1.70. The van der Waals surface area contributed by atoms with E-state index >= 15 is 0 Å². The molecular weight excluding hydrogens is 216 g/mol. The van der Waals surface area contributed by atoms with Gasteiger partial charge in [0.2, 0.25) is 11.8 Å². The number of carbonyl (C=O) groups excluding carboxylic acids is 2. The minimum atomic E-state index is -0.194. The Morgan fingerprint density at radius 3 is 2.24 bits per heavy atom. The van der Waals surface area contributed by atoms with Gasteiger partial charge in [0, 0.05) is 32.0 Å². The summed E-state index contributed by atoms with van der Waals surface area (Å²) in [5, 5.41) is 2.84. The van der Waals surface area contributed by atoms with E-state index in [1.165, 1.54) is 0 Å². The smallest absolute Gasteiger partial charge is 0.220 e. The van der Waals surface area contributed by atoms with Crippen LogP contribution in [0.3, 0.4) is 0 Å². The summed E-state index contributed by atoms with van der Waals surface area (Å²) in [5.74, 6) is 0.115. The first kappa shape index (κ1) is 15.9. The highest BCUT2D eigenvalue weighted by atomic mass is 16.2. The summed E-state index contributed by atoms with van der Waals surface area (Å²) in [5.41, 5.74) is -0.194. The lowest BCUT2D eigenvalue weighted by atomic mass is 10.1. The first-order chi connectivity index (χ1) is 7.79. The van der Waals surface area contributed by atoms with Gasteiger partial charge in [-0.25, -0.2) is 0 Å². The summed E-state index contributed by atoms with van der Waals surface area (Å²) in [4.78, 5) is 24.6. The molecule has 0 aromatic heterocycles. The second kappa shape index (κ2) is 7.30. The molecule has 0 rings (SSSR count). The second-order valence-electron chi connectivity index (χ2n) is 5.29. The molecule has 0 saturated heterocycles. The second-order valence-corrected chi connectivity index (χ2v) is 5.29. The molecule has 0 spiro atoms. The molecule has 4 nitrogen and oxygen atoms in total. The Kier molecular flexibility index (Phi) is 6.85. The zero-order chi connectivity index (χ0) is 13.5. The number of amides is 2. The third-order valence-electron chi connectivity index (χ3n) is 2.60. The molecule has 0 atom stereocenters. The molecule has 0 bridgehead atoms. The molecule has 0 aromatic carbocycles. The van der Waals surface area contributed by atoms with Crippen molar-refractivity contribution >= 4 is 11.8 Å². The zero-order valence-corrected chi connectivity index (χ0v) is 11.8. The minimum Gasteiger partial charge on any atom is -0.354 e. The van der Waals surface area contributed by atoms with Crippen molar-refractivity contribution in [3.8, 4) is 0 Å². The van der Waals surface area contributed by atoms with E-state index in [9.17, 15) is 9.59 Å². The van der Waals surface area contributed by atoms with Crippen molar-refractivity contribution in [3.63, 3.8) is 0 Å². The molecule has 4 heteroatoms. The highest BCUT2D eigenvalue weighted by molar-refractivity contribution is 5.76. The lowest BCUT2D eigenvalue weighted by molar-refractivity contribution is -0.134. The monoisotopic (exact) mass is 242 g/mol. The molecule has 0 aliphatic rings. The molecule has 0 aliphatic heterocycles. The Labute approximate surface area is 105 Å². The largest absolute Gasteiger partial charge is 0.354 e. The Bertz CT molecular complexity index is 257. The van der Waals surface area contributed by atoms with Gasteiger partial charge >= 0.3 is 0 Å². The third kappa shape index (κ3) is 6.97. The van der Waals surface area contributed by atoms with Gasteiger partial charge < -0.3 is 10.2 Å². The third-order valence-corrected chi connectivity index (χ3v) is 2.60. The van der Waals surface area contributed by atoms with E-state index in [-0.39, 0.29) is 17.4 Å². The molecule has 0 fully saturated rings. The van der Waals surface area contributed by atoms with Crippen LogP contribution in [-0.4, -0.2) is 35.3 Å². The van der Waals surface area contributed by atoms with Gasteiger partial charge in [-0.1, -0.05) is 13.3 Å². The quantitative estimate of drug-likeness (QED) is 0.774. The number of carbonyl (C=O) groups is 2. The molecule has 100 valence electrons. The molecule has 0 aliphatic carbocycles. The number of rotatable bonds is 6. The van der Waals surface area contributed by atoms with Crippen molar-refractivity contribution in [1.82, 2.24) is 10.2 Å². The zero-order valence-electron chi connectivity index (χ0n) is 11.8. The number of nitrogens with one attached hydrogen (secondary N) is 1. The van der Waals surface area contributed by atoms with Crippen LogP contribution in [0.2, 0.25) is 0 Å². The highest BCUT2D eigenvalue weighted by Crippen LogP contribution is 2.12. The maximum absolute atomic E-state index is 11.5. The lowest BCUT2D eigenvalue weighted by Gasteiger charge is -2.35. The van der Waals surface area contributed by atoms with Gasteiger partial charge in [-0.15, -0.1) is 0 Å². The lowest BCUT2D eigenvalue weighted by Crippen LogP contribution is -2.48. The fraction of sp³-hybridized carbons (Fsp3) is 0.846. The summed E-state index contributed by atoms with van der Waals surface area (Å²) >= 11 is 0. The van der Waals surface area contributed by atoms with Crippen molar-refractivity contribution in [2.45, 2.75) is 59.4 Å². The van der Waals surface area contributed by atoms with Crippen LogP contribution in [0.15, 0.2) is 0 Å². The van der Waals surface area contributed by atoms with E-state index < -0.39 is 0 Å². The molecule has 0 saturated carbocycles. The van der Waals surface area contributed by atoms with Crippen molar-refractivity contribution in [2.24, 2.45) is 0 Å². The van der Waals surface area contributed by atoms with Gasteiger partial charge in [0.25, 0.3) is 0 Å². The Morgan fingerprint density at radius 2 is 1.82 bits per heavy atom. The van der Waals surface area contributed by atoms with Crippen LogP contribution < -0.4 is 5.32 Å². The van der Waals surface area contributed by atoms with E-state index in [0.29, 0.717) is 19.5 Å². The standard InChI is InChI=1S/C13H26N2O2/c1-6-7-8-12(17)14-9-10-15(11(2)16)13(3,4)5/h6-10H2,1-5H3,(H,14,17). The summed E-state index contributed by atoms with van der Waals surface area (Å²) < 4.78 is 0. The van der Waals surface area contributed by atoms with Gasteiger partial charge in [-0.2, -0.15) is 0 Å². The van der Waals surface area contributed by atoms with E-state index in [2.05, 4.69) is 12.2 Å². The van der Waals surface area contributed by atoms with E-state index in [1.807, 2.05) is 20.8 Å². The Hall–Kier alpha value is -1.06. The number of nitrogens with zero attached hydrogens (tertiary/aromatic N) is 1. The van der Waals surface area contributed by atoms with Crippen LogP contribution in [0.1, 0.15) is 53.9 Å². The van der Waals surface area contributed by atoms with Crippen molar-refractivity contribution in [2.75, 3.05) is 13.1 Å². The average molecular weight is 242 g/mol. The highest BCUT2D eigenvalue weighted by Gasteiger charge is 2.23. The molecular formula is C13H26N2O2. The molecule has 2 amide bonds. The van der Waals surface area contributed by atoms with Crippen molar-refractivity contribution in [1.29, 1.82) is 0 Å². The van der Waals surface area contributed by atoms with Crippen molar-refractivity contribution in [3.05, 3.63) is 0 Å². The molecule has 0 radical (unpaired) electrons. The fourth-order valence-electron chi connectivity index (χ4n) is 1.70. The van der Waals surface area contributed by atoms with Gasteiger partial charge in [0.1, 0.15) is 0 Å². The molecule has 17 heavy (non-hydrogen) atoms. The maximum atomic E-state index is 11.5. The van der Waals surface area contributed by atoms with Gasteiger partial charge in [0.15, 0.2) is 0 Å². The predicted molar refractivity (Wildman–Crippen MR) is 69.7 cm³/mol. The van der Waals surface area contributed by atoms with Gasteiger partial charge in [-0.05, 0) is 27.2 Å². The first-order valence-electron chi connectivity index (χ1n) is 6.34. The summed E-state index contributed by atoms with van der Waals surface area (Å²) in [6, 6.07) is 0. The average Bonchev–Trinajstić information content (AvgIpc) is 2.18. The molecule has 1 N–H and O–H groups in total. The summed E-state index contributed by atoms with van der Waals surface area (Å²) in [6.07, 6.45) is 2.52. The summed E-state index contributed by atoms with van der Waals surface area (Å²) in [7, 11) is 0. The van der Waals surface area contributed by atoms with Gasteiger partial charge in [0.05, 0.1) is 0 Å². The number of hydrogen-bond acceptors (Lipinski definition) is 2. The van der Waals surface area contributed by atoms with Gasteiger partial charge in [-0.3, -0.25) is 9.59 Å². The van der Waals surface area contributed by atoms with Crippen LogP contribution in [0.4, 0.5) is 0 Å². The van der Waals surface area contributed by atoms with E-state index in [1.54, 1.807) is 11.8 Å². The normalized spacial score (nSPS) is 11.1. The van der Waals surface area contributed by atoms with Crippen molar-refractivity contribution < 1.29 is 9.59 Å². The molecule has 0 aromatic rings. The molecule has 0 unspecified atom stereocenters. The van der Waals surface area contributed by atoms with E-state index in [0.717, 1.165) is 12.8 Å². The molecule has 0 heterocycles. The van der Waals surface area contributed by atoms with Crippen LogP contribution in [0.25, 0.3) is 0 Å². The van der Waals surface area contributed by atoms with Crippen LogP contribution >= 0.6 is 0 Å². The topological polar surface area (TPSA) is 49.4 Å². The van der Waals surface area contributed by atoms with E-state index in [4.69, 9.17) is 0 Å². The minimum absolute atomic E-state index is 0.0420. The number of unbranched alkanes of at least 4 members (excludes halogenated alkanes) is 1.